The summed E-state index contributed by atoms with van der Waals surface area (Å²) in [5, 5.41) is 5.73. The second kappa shape index (κ2) is 10.2. The van der Waals surface area contributed by atoms with Gasteiger partial charge in [-0.1, -0.05) is 69.3 Å². The number of hydrogen-bond acceptors (Lipinski definition) is 5. The Morgan fingerprint density at radius 2 is 1.67 bits per heavy atom. The van der Waals surface area contributed by atoms with Crippen LogP contribution in [0.15, 0.2) is 66.7 Å². The van der Waals surface area contributed by atoms with Crippen LogP contribution in [-0.4, -0.2) is 41.9 Å². The number of carbonyl (C=O) groups excluding carboxylic acids is 4. The molecule has 0 spiro atoms. The number of benzene rings is 3. The number of hydrogen-bond donors (Lipinski definition) is 2. The standard InChI is InChI=1S/C28H29N3O5/c1-28(2,3)21-13-11-19(12-14-21)26(34)30-31-16-20(15-25(31)33)27(35)36-17-24(32)29-23-10-6-8-18-7-4-5-9-22(18)23/h4-14,20H,15-17H2,1-3H3,(H,29,32)(H,30,34)/t20-/m1/s1. The Morgan fingerprint density at radius 1 is 0.972 bits per heavy atom. The number of rotatable bonds is 6. The van der Waals surface area contributed by atoms with E-state index in [0.29, 0.717) is 11.3 Å². The van der Waals surface area contributed by atoms with Crippen LogP contribution in [0.4, 0.5) is 5.69 Å². The van der Waals surface area contributed by atoms with Gasteiger partial charge in [-0.15, -0.1) is 0 Å². The Hall–Kier alpha value is -4.20. The summed E-state index contributed by atoms with van der Waals surface area (Å²) in [5.74, 6) is -2.74. The predicted octanol–water partition coefficient (Wildman–Crippen LogP) is 3.81. The molecule has 0 bridgehead atoms. The topological polar surface area (TPSA) is 105 Å². The fraction of sp³-hybridized carbons (Fsp3) is 0.286. The molecule has 186 valence electrons. The van der Waals surface area contributed by atoms with E-state index in [9.17, 15) is 19.2 Å². The van der Waals surface area contributed by atoms with Crippen LogP contribution in [0.2, 0.25) is 0 Å². The highest BCUT2D eigenvalue weighted by Crippen LogP contribution is 2.24. The van der Waals surface area contributed by atoms with Gasteiger partial charge in [0.05, 0.1) is 12.5 Å². The molecule has 36 heavy (non-hydrogen) atoms. The molecule has 1 aliphatic heterocycles. The van der Waals surface area contributed by atoms with Gasteiger partial charge in [-0.05, 0) is 34.6 Å². The minimum absolute atomic E-state index is 0.0194. The van der Waals surface area contributed by atoms with E-state index in [1.165, 1.54) is 0 Å². The van der Waals surface area contributed by atoms with E-state index in [1.807, 2.05) is 48.5 Å². The number of nitrogens with zero attached hydrogens (tertiary/aromatic N) is 1. The molecule has 2 N–H and O–H groups in total. The van der Waals surface area contributed by atoms with Crippen LogP contribution in [-0.2, 0) is 24.5 Å². The predicted molar refractivity (Wildman–Crippen MR) is 136 cm³/mol. The molecule has 0 aromatic heterocycles. The molecule has 1 atom stereocenters. The van der Waals surface area contributed by atoms with E-state index in [4.69, 9.17) is 4.74 Å². The van der Waals surface area contributed by atoms with Crippen molar-refractivity contribution in [2.45, 2.75) is 32.6 Å². The fourth-order valence-corrected chi connectivity index (χ4v) is 4.06. The van der Waals surface area contributed by atoms with Crippen LogP contribution in [0.1, 0.15) is 43.1 Å². The van der Waals surface area contributed by atoms with E-state index in [1.54, 1.807) is 18.2 Å². The third kappa shape index (κ3) is 5.71. The molecule has 8 heteroatoms. The van der Waals surface area contributed by atoms with Crippen molar-refractivity contribution in [2.75, 3.05) is 18.5 Å². The van der Waals surface area contributed by atoms with Gasteiger partial charge in [0.15, 0.2) is 6.61 Å². The first-order chi connectivity index (χ1) is 17.1. The fourth-order valence-electron chi connectivity index (χ4n) is 4.06. The van der Waals surface area contributed by atoms with E-state index in [-0.39, 0.29) is 18.4 Å². The molecule has 8 nitrogen and oxygen atoms in total. The Labute approximate surface area is 209 Å². The van der Waals surface area contributed by atoms with Crippen LogP contribution in [0.5, 0.6) is 0 Å². The SMILES string of the molecule is CC(C)(C)c1ccc(C(=O)NN2C[C@H](C(=O)OCC(=O)Nc3cccc4ccccc34)CC2=O)cc1. The normalized spacial score (nSPS) is 15.6. The lowest BCUT2D eigenvalue weighted by atomic mass is 9.87. The van der Waals surface area contributed by atoms with Crippen molar-refractivity contribution in [3.63, 3.8) is 0 Å². The summed E-state index contributed by atoms with van der Waals surface area (Å²) in [6, 6.07) is 20.3. The van der Waals surface area contributed by atoms with Crippen LogP contribution in [0, 0.1) is 5.92 Å². The minimum atomic E-state index is -0.772. The quantitative estimate of drug-likeness (QED) is 0.515. The molecule has 0 unspecified atom stereocenters. The van der Waals surface area contributed by atoms with Gasteiger partial charge >= 0.3 is 5.97 Å². The zero-order chi connectivity index (χ0) is 25.9. The second-order valence-corrected chi connectivity index (χ2v) is 9.86. The summed E-state index contributed by atoms with van der Waals surface area (Å²) in [6.07, 6.45) is -0.104. The lowest BCUT2D eigenvalue weighted by Crippen LogP contribution is -2.43. The van der Waals surface area contributed by atoms with Gasteiger partial charge in [0.25, 0.3) is 11.8 Å². The summed E-state index contributed by atoms with van der Waals surface area (Å²) in [6.45, 7) is 5.75. The number of amides is 3. The first kappa shape index (κ1) is 24.9. The average Bonchev–Trinajstić information content (AvgIpc) is 3.22. The van der Waals surface area contributed by atoms with Gasteiger partial charge in [0.2, 0.25) is 5.91 Å². The monoisotopic (exact) mass is 487 g/mol. The Bertz CT molecular complexity index is 1310. The molecule has 4 rings (SSSR count). The van der Waals surface area contributed by atoms with Crippen LogP contribution >= 0.6 is 0 Å². The third-order valence-electron chi connectivity index (χ3n) is 6.12. The zero-order valence-electron chi connectivity index (χ0n) is 20.5. The Balaban J connectivity index is 1.28. The molecule has 0 radical (unpaired) electrons. The molecule has 3 amide bonds. The molecule has 1 fully saturated rings. The highest BCUT2D eigenvalue weighted by atomic mass is 16.5. The van der Waals surface area contributed by atoms with Gasteiger partial charge in [-0.25, -0.2) is 0 Å². The molecule has 1 aliphatic rings. The highest BCUT2D eigenvalue weighted by Gasteiger charge is 2.36. The van der Waals surface area contributed by atoms with E-state index in [0.717, 1.165) is 21.3 Å². The van der Waals surface area contributed by atoms with Crippen LogP contribution in [0.3, 0.4) is 0 Å². The number of fused-ring (bicyclic) bond motifs is 1. The van der Waals surface area contributed by atoms with Crippen molar-refractivity contribution in [2.24, 2.45) is 5.92 Å². The first-order valence-corrected chi connectivity index (χ1v) is 11.8. The van der Waals surface area contributed by atoms with Crippen LogP contribution < -0.4 is 10.7 Å². The molecular weight excluding hydrogens is 458 g/mol. The smallest absolute Gasteiger partial charge is 0.311 e. The van der Waals surface area contributed by atoms with E-state index in [2.05, 4.69) is 31.5 Å². The van der Waals surface area contributed by atoms with Gasteiger partial charge in [0, 0.05) is 23.1 Å². The van der Waals surface area contributed by atoms with Gasteiger partial charge in [0.1, 0.15) is 0 Å². The van der Waals surface area contributed by atoms with Crippen molar-refractivity contribution in [3.8, 4) is 0 Å². The average molecular weight is 488 g/mol. The van der Waals surface area contributed by atoms with E-state index < -0.39 is 36.2 Å². The van der Waals surface area contributed by atoms with Crippen molar-refractivity contribution in [3.05, 3.63) is 77.9 Å². The summed E-state index contributed by atoms with van der Waals surface area (Å²) in [5.41, 5.74) is 4.63. The van der Waals surface area contributed by atoms with Gasteiger partial charge in [-0.3, -0.25) is 29.6 Å². The summed E-state index contributed by atoms with van der Waals surface area (Å²) >= 11 is 0. The van der Waals surface area contributed by atoms with Crippen molar-refractivity contribution in [1.82, 2.24) is 10.4 Å². The first-order valence-electron chi connectivity index (χ1n) is 11.8. The maximum absolute atomic E-state index is 12.6. The maximum Gasteiger partial charge on any atom is 0.311 e. The maximum atomic E-state index is 12.6. The van der Waals surface area contributed by atoms with E-state index >= 15 is 0 Å². The summed E-state index contributed by atoms with van der Waals surface area (Å²) in [7, 11) is 0. The summed E-state index contributed by atoms with van der Waals surface area (Å²) < 4.78 is 5.16. The number of anilines is 1. The number of hydrazine groups is 1. The van der Waals surface area contributed by atoms with Gasteiger partial charge < -0.3 is 10.1 Å². The Kier molecular flexibility index (Phi) is 7.05. The number of nitrogens with one attached hydrogen (secondary N) is 2. The molecule has 1 heterocycles. The molecule has 0 saturated carbocycles. The highest BCUT2D eigenvalue weighted by molar-refractivity contribution is 6.03. The van der Waals surface area contributed by atoms with Crippen molar-refractivity contribution < 1.29 is 23.9 Å². The molecule has 0 aliphatic carbocycles. The molecule has 1 saturated heterocycles. The molecule has 3 aromatic rings. The zero-order valence-corrected chi connectivity index (χ0v) is 20.5. The number of ether oxygens (including phenoxy) is 1. The van der Waals surface area contributed by atoms with Gasteiger partial charge in [-0.2, -0.15) is 0 Å². The number of carbonyl (C=O) groups is 4. The second-order valence-electron chi connectivity index (χ2n) is 9.86. The van der Waals surface area contributed by atoms with Crippen LogP contribution in [0.25, 0.3) is 10.8 Å². The number of esters is 1. The summed E-state index contributed by atoms with van der Waals surface area (Å²) in [4.78, 5) is 49.8. The van der Waals surface area contributed by atoms with Crippen molar-refractivity contribution in [1.29, 1.82) is 0 Å². The largest absolute Gasteiger partial charge is 0.455 e. The molecule has 3 aromatic carbocycles. The molecular formula is C28H29N3O5. The Morgan fingerprint density at radius 3 is 2.39 bits per heavy atom. The third-order valence-corrected chi connectivity index (χ3v) is 6.12. The minimum Gasteiger partial charge on any atom is -0.455 e. The lowest BCUT2D eigenvalue weighted by molar-refractivity contribution is -0.151. The lowest BCUT2D eigenvalue weighted by Gasteiger charge is -2.20. The van der Waals surface area contributed by atoms with Crippen molar-refractivity contribution >= 4 is 40.2 Å².